The first-order valence-electron chi connectivity index (χ1n) is 3.19. The Labute approximate surface area is 62.5 Å². The predicted molar refractivity (Wildman–Crippen MR) is 39.0 cm³/mol. The maximum absolute atomic E-state index is 6.83. The zero-order valence-corrected chi connectivity index (χ0v) is 6.73. The lowest BCUT2D eigenvalue weighted by Gasteiger charge is -2.17. The van der Waals surface area contributed by atoms with E-state index in [1.54, 1.807) is 21.0 Å². The summed E-state index contributed by atoms with van der Waals surface area (Å²) < 4.78 is 9.96. The Balaban J connectivity index is 3.40. The summed E-state index contributed by atoms with van der Waals surface area (Å²) in [4.78, 5) is 0. The topological polar surface area (TPSA) is 18.5 Å². The van der Waals surface area contributed by atoms with Crippen LogP contribution in [0, 0.1) is 12.3 Å². The van der Waals surface area contributed by atoms with Gasteiger partial charge in [0.2, 0.25) is 0 Å². The molecule has 0 spiro atoms. The standard InChI is InChI=1S/C8H13O2/c1-5-8(2,3)10-7-6-9-4/h6-7H2,2-4H3. The van der Waals surface area contributed by atoms with Crippen molar-refractivity contribution in [3.05, 3.63) is 6.42 Å². The second-order valence-corrected chi connectivity index (χ2v) is 2.48. The molecule has 2 nitrogen and oxygen atoms in total. The van der Waals surface area contributed by atoms with Gasteiger partial charge in [-0.3, -0.25) is 0 Å². The molecule has 0 saturated carbocycles. The molecule has 1 radical (unpaired) electrons. The second kappa shape index (κ2) is 4.32. The first-order valence-corrected chi connectivity index (χ1v) is 3.19. The highest BCUT2D eigenvalue weighted by atomic mass is 16.5. The average Bonchev–Trinajstić information content (AvgIpc) is 1.89. The molecular formula is C8H13O2. The van der Waals surface area contributed by atoms with Crippen LogP contribution in [-0.2, 0) is 9.47 Å². The molecule has 0 fully saturated rings. The fourth-order valence-electron chi connectivity index (χ4n) is 0.416. The number of rotatable bonds is 4. The molecule has 0 aliphatic rings. The monoisotopic (exact) mass is 141 g/mol. The van der Waals surface area contributed by atoms with Gasteiger partial charge in [0.1, 0.15) is 5.60 Å². The maximum atomic E-state index is 6.83. The second-order valence-electron chi connectivity index (χ2n) is 2.48. The van der Waals surface area contributed by atoms with Gasteiger partial charge in [0, 0.05) is 7.11 Å². The lowest BCUT2D eigenvalue weighted by molar-refractivity contribution is -0.00336. The van der Waals surface area contributed by atoms with Crippen LogP contribution in [0.3, 0.4) is 0 Å². The van der Waals surface area contributed by atoms with Crippen molar-refractivity contribution in [2.45, 2.75) is 19.4 Å². The van der Waals surface area contributed by atoms with Crippen LogP contribution in [0.5, 0.6) is 0 Å². The molecule has 57 valence electrons. The van der Waals surface area contributed by atoms with Gasteiger partial charge in [-0.25, -0.2) is 0 Å². The van der Waals surface area contributed by atoms with Crippen molar-refractivity contribution < 1.29 is 9.47 Å². The van der Waals surface area contributed by atoms with E-state index in [-0.39, 0.29) is 0 Å². The van der Waals surface area contributed by atoms with Gasteiger partial charge in [-0.1, -0.05) is 5.92 Å². The Bertz CT molecular complexity index is 122. The first-order chi connectivity index (χ1) is 4.62. The van der Waals surface area contributed by atoms with Crippen LogP contribution in [0.15, 0.2) is 0 Å². The summed E-state index contributed by atoms with van der Waals surface area (Å²) in [6.07, 6.45) is 6.83. The third-order valence-electron chi connectivity index (χ3n) is 1.05. The molecule has 0 aromatic heterocycles. The van der Waals surface area contributed by atoms with E-state index in [0.717, 1.165) is 0 Å². The number of hydrogen-bond acceptors (Lipinski definition) is 2. The third-order valence-corrected chi connectivity index (χ3v) is 1.05. The van der Waals surface area contributed by atoms with E-state index in [1.807, 2.05) is 0 Å². The summed E-state index contributed by atoms with van der Waals surface area (Å²) in [5.41, 5.74) is -0.571. The molecule has 10 heavy (non-hydrogen) atoms. The van der Waals surface area contributed by atoms with E-state index in [0.29, 0.717) is 13.2 Å². The zero-order chi connectivity index (χ0) is 8.04. The summed E-state index contributed by atoms with van der Waals surface area (Å²) in [6.45, 7) is 4.64. The maximum Gasteiger partial charge on any atom is 0.124 e. The van der Waals surface area contributed by atoms with Crippen molar-refractivity contribution in [2.24, 2.45) is 0 Å². The van der Waals surface area contributed by atoms with Crippen molar-refractivity contribution in [1.29, 1.82) is 0 Å². The first kappa shape index (κ1) is 9.48. The molecule has 0 atom stereocenters. The van der Waals surface area contributed by atoms with E-state index in [4.69, 9.17) is 15.9 Å². The molecule has 0 bridgehead atoms. The van der Waals surface area contributed by atoms with Crippen molar-refractivity contribution in [1.82, 2.24) is 0 Å². The number of methoxy groups -OCH3 is 1. The van der Waals surface area contributed by atoms with Crippen LogP contribution in [0.1, 0.15) is 13.8 Å². The van der Waals surface area contributed by atoms with Crippen molar-refractivity contribution >= 4 is 0 Å². The van der Waals surface area contributed by atoms with Gasteiger partial charge in [0.25, 0.3) is 0 Å². The molecule has 0 aromatic carbocycles. The minimum absolute atomic E-state index is 0.509. The van der Waals surface area contributed by atoms with E-state index in [2.05, 4.69) is 5.92 Å². The average molecular weight is 141 g/mol. The molecular weight excluding hydrogens is 128 g/mol. The Hall–Kier alpha value is -0.520. The molecule has 0 aliphatic carbocycles. The van der Waals surface area contributed by atoms with Gasteiger partial charge < -0.3 is 9.47 Å². The third kappa shape index (κ3) is 4.37. The quantitative estimate of drug-likeness (QED) is 0.430. The highest BCUT2D eigenvalue weighted by Gasteiger charge is 2.12. The van der Waals surface area contributed by atoms with Crippen LogP contribution in [0.2, 0.25) is 0 Å². The molecule has 0 rings (SSSR count). The van der Waals surface area contributed by atoms with Crippen molar-refractivity contribution in [2.75, 3.05) is 20.3 Å². The smallest absolute Gasteiger partial charge is 0.124 e. The minimum atomic E-state index is -0.571. The van der Waals surface area contributed by atoms with Gasteiger partial charge in [-0.05, 0) is 20.3 Å². The highest BCUT2D eigenvalue weighted by molar-refractivity contribution is 4.97. The highest BCUT2D eigenvalue weighted by Crippen LogP contribution is 2.05. The van der Waals surface area contributed by atoms with E-state index in [9.17, 15) is 0 Å². The lowest BCUT2D eigenvalue weighted by Crippen LogP contribution is -2.23. The summed E-state index contributed by atoms with van der Waals surface area (Å²) >= 11 is 0. The fourth-order valence-corrected chi connectivity index (χ4v) is 0.416. The Morgan fingerprint density at radius 3 is 2.40 bits per heavy atom. The minimum Gasteiger partial charge on any atom is -0.382 e. The number of hydrogen-bond donors (Lipinski definition) is 0. The SMILES string of the molecule is [C]#CC(C)(C)OCCOC. The predicted octanol–water partition coefficient (Wildman–Crippen LogP) is 1.02. The summed E-state index contributed by atoms with van der Waals surface area (Å²) in [5.74, 6) is 2.27. The van der Waals surface area contributed by atoms with E-state index >= 15 is 0 Å². The summed E-state index contributed by atoms with van der Waals surface area (Å²) in [5, 5.41) is 0. The molecule has 0 aliphatic heterocycles. The molecule has 0 unspecified atom stereocenters. The van der Waals surface area contributed by atoms with E-state index in [1.165, 1.54) is 0 Å². The molecule has 2 heteroatoms. The van der Waals surface area contributed by atoms with Gasteiger partial charge in [0.15, 0.2) is 0 Å². The molecule has 0 heterocycles. The van der Waals surface area contributed by atoms with Crippen LogP contribution in [0.25, 0.3) is 0 Å². The largest absolute Gasteiger partial charge is 0.382 e. The normalized spacial score (nSPS) is 11.0. The van der Waals surface area contributed by atoms with Crippen LogP contribution < -0.4 is 0 Å². The number of ether oxygens (including phenoxy) is 2. The fraction of sp³-hybridized carbons (Fsp3) is 0.750. The Kier molecular flexibility index (Phi) is 4.10. The lowest BCUT2D eigenvalue weighted by atomic mass is 10.1. The summed E-state index contributed by atoms with van der Waals surface area (Å²) in [7, 11) is 1.62. The molecule has 0 saturated heterocycles. The Morgan fingerprint density at radius 2 is 2.00 bits per heavy atom. The zero-order valence-electron chi connectivity index (χ0n) is 6.73. The van der Waals surface area contributed by atoms with Gasteiger partial charge in [-0.2, -0.15) is 0 Å². The van der Waals surface area contributed by atoms with Gasteiger partial charge >= 0.3 is 0 Å². The van der Waals surface area contributed by atoms with Crippen molar-refractivity contribution in [3.63, 3.8) is 0 Å². The van der Waals surface area contributed by atoms with Crippen LogP contribution >= 0.6 is 0 Å². The van der Waals surface area contributed by atoms with Gasteiger partial charge in [0.05, 0.1) is 13.2 Å². The molecule has 0 N–H and O–H groups in total. The summed E-state index contributed by atoms with van der Waals surface area (Å²) in [6, 6.07) is 0. The molecule has 0 amide bonds. The van der Waals surface area contributed by atoms with Crippen LogP contribution in [-0.4, -0.2) is 25.9 Å². The van der Waals surface area contributed by atoms with Gasteiger partial charge in [-0.15, -0.1) is 0 Å². The van der Waals surface area contributed by atoms with Crippen LogP contribution in [0.4, 0.5) is 0 Å². The van der Waals surface area contributed by atoms with Crippen molar-refractivity contribution in [3.8, 4) is 5.92 Å². The molecule has 0 aromatic rings. The Morgan fingerprint density at radius 1 is 1.40 bits per heavy atom. The van der Waals surface area contributed by atoms with E-state index < -0.39 is 5.60 Å².